The van der Waals surface area contributed by atoms with E-state index in [0.717, 1.165) is 27.8 Å². The van der Waals surface area contributed by atoms with Crippen LogP contribution in [0.4, 0.5) is 0 Å². The van der Waals surface area contributed by atoms with Crippen LogP contribution in [0, 0.1) is 0 Å². The highest BCUT2D eigenvalue weighted by Crippen LogP contribution is 2.37. The predicted octanol–water partition coefficient (Wildman–Crippen LogP) is 6.95. The van der Waals surface area contributed by atoms with Crippen molar-refractivity contribution in [1.29, 1.82) is 0 Å². The summed E-state index contributed by atoms with van der Waals surface area (Å²) in [6.45, 7) is 0. The van der Waals surface area contributed by atoms with Gasteiger partial charge in [-0.3, -0.25) is 4.98 Å². The Kier molecular flexibility index (Phi) is 2.91. The number of aromatic nitrogens is 1. The molecular weight excluding hydrogens is 330 g/mol. The number of furan rings is 1. The zero-order valence-corrected chi connectivity index (χ0v) is 14.5. The Morgan fingerprint density at radius 1 is 0.593 bits per heavy atom. The van der Waals surface area contributed by atoms with Gasteiger partial charge in [-0.1, -0.05) is 36.4 Å². The molecule has 0 saturated heterocycles. The normalized spacial score (nSPS) is 11.7. The maximum Gasteiger partial charge on any atom is 0.136 e. The van der Waals surface area contributed by atoms with E-state index in [-0.39, 0.29) is 0 Å². The summed E-state index contributed by atoms with van der Waals surface area (Å²) in [6, 6.07) is 29.5. The van der Waals surface area contributed by atoms with Crippen molar-refractivity contribution in [2.45, 2.75) is 0 Å². The summed E-state index contributed by atoms with van der Waals surface area (Å²) < 4.78 is 6.14. The molecule has 0 unspecified atom stereocenters. The molecule has 0 spiro atoms. The quantitative estimate of drug-likeness (QED) is 0.301. The summed E-state index contributed by atoms with van der Waals surface area (Å²) in [6.07, 6.45) is 1.83. The highest BCUT2D eigenvalue weighted by Gasteiger charge is 2.12. The Labute approximate surface area is 155 Å². The van der Waals surface area contributed by atoms with E-state index in [1.165, 1.54) is 26.9 Å². The van der Waals surface area contributed by atoms with Gasteiger partial charge in [0.1, 0.15) is 11.2 Å². The molecule has 126 valence electrons. The second kappa shape index (κ2) is 5.42. The van der Waals surface area contributed by atoms with Crippen LogP contribution in [0.15, 0.2) is 95.5 Å². The molecule has 0 atom stereocenters. The molecule has 0 aliphatic heterocycles. The van der Waals surface area contributed by atoms with Crippen LogP contribution < -0.4 is 0 Å². The maximum absolute atomic E-state index is 6.14. The number of hydrogen-bond donors (Lipinski definition) is 0. The summed E-state index contributed by atoms with van der Waals surface area (Å²) in [5.41, 5.74) is 3.90. The minimum Gasteiger partial charge on any atom is -0.456 e. The first-order valence-electron chi connectivity index (χ1n) is 9.06. The van der Waals surface area contributed by atoms with E-state index in [0.29, 0.717) is 0 Å². The fraction of sp³-hybridized carbons (Fsp3) is 0. The van der Waals surface area contributed by atoms with Crippen LogP contribution in [0.2, 0.25) is 0 Å². The van der Waals surface area contributed by atoms with Crippen LogP contribution in [0.25, 0.3) is 54.7 Å². The van der Waals surface area contributed by atoms with Crippen molar-refractivity contribution in [3.05, 3.63) is 91.1 Å². The SMILES string of the molecule is c1ccc(-c2ccc3oc4ccc5cc6ccccc6cc5c4c3c2)nc1. The maximum atomic E-state index is 6.14. The van der Waals surface area contributed by atoms with Crippen molar-refractivity contribution in [3.63, 3.8) is 0 Å². The molecule has 0 N–H and O–H groups in total. The Morgan fingerprint density at radius 2 is 1.41 bits per heavy atom. The van der Waals surface area contributed by atoms with E-state index in [1.54, 1.807) is 0 Å². The van der Waals surface area contributed by atoms with Gasteiger partial charge in [-0.15, -0.1) is 0 Å². The van der Waals surface area contributed by atoms with E-state index in [1.807, 2.05) is 30.5 Å². The summed E-state index contributed by atoms with van der Waals surface area (Å²) in [7, 11) is 0. The summed E-state index contributed by atoms with van der Waals surface area (Å²) in [5, 5.41) is 7.26. The lowest BCUT2D eigenvalue weighted by Crippen LogP contribution is -1.81. The highest BCUT2D eigenvalue weighted by atomic mass is 16.3. The van der Waals surface area contributed by atoms with Crippen LogP contribution in [0.5, 0.6) is 0 Å². The highest BCUT2D eigenvalue weighted by molar-refractivity contribution is 6.21. The van der Waals surface area contributed by atoms with Gasteiger partial charge >= 0.3 is 0 Å². The van der Waals surface area contributed by atoms with Crippen molar-refractivity contribution >= 4 is 43.5 Å². The van der Waals surface area contributed by atoms with Crippen molar-refractivity contribution in [2.75, 3.05) is 0 Å². The molecule has 4 aromatic carbocycles. The zero-order valence-electron chi connectivity index (χ0n) is 14.5. The van der Waals surface area contributed by atoms with Crippen LogP contribution >= 0.6 is 0 Å². The second-order valence-corrected chi connectivity index (χ2v) is 6.89. The summed E-state index contributed by atoms with van der Waals surface area (Å²) in [4.78, 5) is 4.49. The first-order valence-corrected chi connectivity index (χ1v) is 9.06. The molecule has 0 fully saturated rings. The smallest absolute Gasteiger partial charge is 0.136 e. The molecule has 0 radical (unpaired) electrons. The van der Waals surface area contributed by atoms with E-state index in [9.17, 15) is 0 Å². The van der Waals surface area contributed by atoms with Crippen molar-refractivity contribution in [2.24, 2.45) is 0 Å². The van der Waals surface area contributed by atoms with E-state index in [2.05, 4.69) is 65.6 Å². The lowest BCUT2D eigenvalue weighted by molar-refractivity contribution is 0.669. The van der Waals surface area contributed by atoms with Crippen LogP contribution in [0.3, 0.4) is 0 Å². The molecular formula is C25H15NO. The van der Waals surface area contributed by atoms with Gasteiger partial charge in [0, 0.05) is 22.5 Å². The van der Waals surface area contributed by atoms with Crippen molar-refractivity contribution < 1.29 is 4.42 Å². The average Bonchev–Trinajstić information content (AvgIpc) is 3.11. The second-order valence-electron chi connectivity index (χ2n) is 6.89. The van der Waals surface area contributed by atoms with Gasteiger partial charge in [-0.2, -0.15) is 0 Å². The molecule has 6 rings (SSSR count). The Bertz CT molecular complexity index is 1460. The number of benzene rings is 4. The molecule has 0 aliphatic carbocycles. The molecule has 0 bridgehead atoms. The zero-order chi connectivity index (χ0) is 17.8. The van der Waals surface area contributed by atoms with Crippen LogP contribution in [-0.2, 0) is 0 Å². The molecule has 27 heavy (non-hydrogen) atoms. The summed E-state index contributed by atoms with van der Waals surface area (Å²) >= 11 is 0. The van der Waals surface area contributed by atoms with E-state index in [4.69, 9.17) is 4.42 Å². The fourth-order valence-corrected chi connectivity index (χ4v) is 3.98. The third-order valence-electron chi connectivity index (χ3n) is 5.28. The lowest BCUT2D eigenvalue weighted by atomic mass is 9.98. The van der Waals surface area contributed by atoms with E-state index >= 15 is 0 Å². The van der Waals surface area contributed by atoms with Gasteiger partial charge in [0.15, 0.2) is 0 Å². The largest absolute Gasteiger partial charge is 0.456 e. The standard InChI is InChI=1S/C25H15NO/c1-2-6-17-14-20-18(13-16(17)5-1)8-11-24-25(20)21-15-19(9-10-23(21)27-24)22-7-3-4-12-26-22/h1-15H. The van der Waals surface area contributed by atoms with Crippen LogP contribution in [-0.4, -0.2) is 4.98 Å². The number of pyridine rings is 1. The molecule has 0 aliphatic rings. The van der Waals surface area contributed by atoms with Crippen molar-refractivity contribution in [1.82, 2.24) is 4.98 Å². The Balaban J connectivity index is 1.74. The lowest BCUT2D eigenvalue weighted by Gasteiger charge is -2.04. The summed E-state index contributed by atoms with van der Waals surface area (Å²) in [5.74, 6) is 0. The van der Waals surface area contributed by atoms with Gasteiger partial charge in [-0.25, -0.2) is 0 Å². The molecule has 0 amide bonds. The third kappa shape index (κ3) is 2.17. The molecule has 2 nitrogen and oxygen atoms in total. The Morgan fingerprint density at radius 3 is 2.26 bits per heavy atom. The van der Waals surface area contributed by atoms with Gasteiger partial charge in [0.05, 0.1) is 5.69 Å². The van der Waals surface area contributed by atoms with Gasteiger partial charge in [0.25, 0.3) is 0 Å². The number of hydrogen-bond acceptors (Lipinski definition) is 2. The van der Waals surface area contributed by atoms with Gasteiger partial charge < -0.3 is 4.42 Å². The Hall–Kier alpha value is -3.65. The average molecular weight is 345 g/mol. The minimum absolute atomic E-state index is 0.908. The predicted molar refractivity (Wildman–Crippen MR) is 112 cm³/mol. The first kappa shape index (κ1) is 14.5. The van der Waals surface area contributed by atoms with E-state index < -0.39 is 0 Å². The van der Waals surface area contributed by atoms with Gasteiger partial charge in [0.2, 0.25) is 0 Å². The molecule has 6 aromatic rings. The minimum atomic E-state index is 0.908. The van der Waals surface area contributed by atoms with Crippen LogP contribution in [0.1, 0.15) is 0 Å². The monoisotopic (exact) mass is 345 g/mol. The number of nitrogens with zero attached hydrogens (tertiary/aromatic N) is 1. The molecule has 0 saturated carbocycles. The number of rotatable bonds is 1. The molecule has 2 heteroatoms. The van der Waals surface area contributed by atoms with Crippen molar-refractivity contribution in [3.8, 4) is 11.3 Å². The fourth-order valence-electron chi connectivity index (χ4n) is 3.98. The first-order chi connectivity index (χ1) is 13.4. The van der Waals surface area contributed by atoms with Gasteiger partial charge in [-0.05, 0) is 70.1 Å². The molecule has 2 heterocycles. The topological polar surface area (TPSA) is 26.0 Å². The number of fused-ring (bicyclic) bond motifs is 6. The third-order valence-corrected chi connectivity index (χ3v) is 5.28. The molecule has 2 aromatic heterocycles.